The number of hydrogen-bond donors (Lipinski definition) is 0. The predicted molar refractivity (Wildman–Crippen MR) is 138 cm³/mol. The van der Waals surface area contributed by atoms with E-state index in [1.807, 2.05) is 38.5 Å². The van der Waals surface area contributed by atoms with E-state index in [1.54, 1.807) is 0 Å². The fourth-order valence-electron chi connectivity index (χ4n) is 4.14. The maximum absolute atomic E-state index is 10.7. The quantitative estimate of drug-likeness (QED) is 0.149. The smallest absolute Gasteiger partial charge is 1.00 e. The monoisotopic (exact) mass is 664 g/mol. The molecule has 3 aromatic carbocycles. The van der Waals surface area contributed by atoms with Gasteiger partial charge in [0.05, 0.1) is 0 Å². The molecule has 38 heavy (non-hydrogen) atoms. The Morgan fingerprint density at radius 3 is 1.53 bits per heavy atom. The molecule has 0 bridgehead atoms. The molecule has 2 aliphatic rings. The van der Waals surface area contributed by atoms with Crippen molar-refractivity contribution in [3.8, 4) is 0 Å². The molecule has 0 N–H and O–H groups in total. The van der Waals surface area contributed by atoms with Crippen LogP contribution < -0.4 is 12.4 Å². The number of likely N-dealkylation sites (N-methyl/N-ethyl adjacent to an activating group) is 1. The Balaban J connectivity index is 0.000000402. The molecule has 2 fully saturated rings. The fourth-order valence-corrected chi connectivity index (χ4v) is 4.14. The van der Waals surface area contributed by atoms with Crippen molar-refractivity contribution in [3.05, 3.63) is 98.7 Å². The van der Waals surface area contributed by atoms with Gasteiger partial charge in [-0.25, -0.2) is 0 Å². The van der Waals surface area contributed by atoms with Gasteiger partial charge in [0.25, 0.3) is 0 Å². The van der Waals surface area contributed by atoms with Gasteiger partial charge in [0.1, 0.15) is 0 Å². The van der Waals surface area contributed by atoms with Crippen LogP contribution in [0.2, 0.25) is 0 Å². The van der Waals surface area contributed by atoms with E-state index in [-0.39, 0.29) is 31.9 Å². The zero-order valence-corrected chi connectivity index (χ0v) is 24.1. The van der Waals surface area contributed by atoms with Crippen molar-refractivity contribution in [1.82, 2.24) is 9.80 Å². The summed E-state index contributed by atoms with van der Waals surface area (Å²) in [6, 6.07) is 20.0. The molecule has 1 heterocycles. The summed E-state index contributed by atoms with van der Waals surface area (Å²) in [6.45, 7) is 5.79. The van der Waals surface area contributed by atoms with Crippen LogP contribution >= 0.6 is 7.81 Å². The van der Waals surface area contributed by atoms with E-state index in [9.17, 15) is 25.2 Å². The van der Waals surface area contributed by atoms with Gasteiger partial charge < -0.3 is 17.3 Å². The Labute approximate surface area is 240 Å². The van der Waals surface area contributed by atoms with Gasteiger partial charge in [0.2, 0.25) is 0 Å². The van der Waals surface area contributed by atoms with Crippen LogP contribution in [-0.4, -0.2) is 43.0 Å². The molecule has 0 unspecified atom stereocenters. The van der Waals surface area contributed by atoms with Crippen LogP contribution in [0.1, 0.15) is 12.0 Å². The van der Waals surface area contributed by atoms with E-state index in [4.69, 9.17) is 0 Å². The number of nitrogens with zero attached hydrogens (tertiary/aromatic N) is 2. The molecule has 5 rings (SSSR count). The summed E-state index contributed by atoms with van der Waals surface area (Å²) in [5.74, 6) is 0. The average Bonchev–Trinajstić information content (AvgIpc) is 3.02. The summed E-state index contributed by atoms with van der Waals surface area (Å²) in [5, 5.41) is 5.52. The first-order valence-electron chi connectivity index (χ1n) is 11.6. The molecule has 0 spiro atoms. The fraction of sp³-hybridized carbons (Fsp3) is 0.259. The molecule has 11 heteroatoms. The third-order valence-electron chi connectivity index (χ3n) is 5.74. The van der Waals surface area contributed by atoms with Gasteiger partial charge >= 0.3 is 52.5 Å². The zero-order valence-electron chi connectivity index (χ0n) is 20.7. The SMILES string of the molecule is CN1CCCN(Cc2c3ccccc3cc3ccccc23)CC1.F[P-](F)(F)(F)(F)F.[CH]1[CH][CH][CH][CH][CH]1.[Cl-].[Ru+3]. The van der Waals surface area contributed by atoms with Crippen LogP contribution in [0.4, 0.5) is 25.2 Å². The van der Waals surface area contributed by atoms with Gasteiger partial charge in [-0.3, -0.25) is 4.90 Å². The van der Waals surface area contributed by atoms with Crippen LogP contribution in [0.3, 0.4) is 0 Å². The number of fused-ring (bicyclic) bond motifs is 2. The van der Waals surface area contributed by atoms with Crippen LogP contribution in [0, 0.1) is 38.5 Å². The minimum atomic E-state index is -10.7. The first-order valence-corrected chi connectivity index (χ1v) is 13.7. The second-order valence-corrected chi connectivity index (χ2v) is 10.8. The Bertz CT molecular complexity index is 1070. The van der Waals surface area contributed by atoms with E-state index in [0.29, 0.717) is 0 Å². The number of halogens is 7. The summed E-state index contributed by atoms with van der Waals surface area (Å²) < 4.78 is 59.2. The summed E-state index contributed by atoms with van der Waals surface area (Å²) >= 11 is 0. The summed E-state index contributed by atoms with van der Waals surface area (Å²) in [4.78, 5) is 5.07. The zero-order chi connectivity index (χ0) is 26.3. The molecule has 0 aromatic heterocycles. The maximum Gasteiger partial charge on any atom is 3.00 e. The van der Waals surface area contributed by atoms with Crippen LogP contribution in [-0.2, 0) is 26.0 Å². The summed E-state index contributed by atoms with van der Waals surface area (Å²) in [6.07, 6.45) is 13.3. The molecular formula is C27H30ClF6N2PRu+. The first kappa shape index (κ1) is 35.1. The van der Waals surface area contributed by atoms with Crippen molar-refractivity contribution in [2.24, 2.45) is 0 Å². The van der Waals surface area contributed by atoms with Crippen LogP contribution in [0.15, 0.2) is 54.6 Å². The van der Waals surface area contributed by atoms with Crippen molar-refractivity contribution < 1.29 is 57.1 Å². The first-order chi connectivity index (χ1) is 16.8. The third-order valence-corrected chi connectivity index (χ3v) is 5.74. The van der Waals surface area contributed by atoms with E-state index in [2.05, 4.69) is 71.4 Å². The normalized spacial score (nSPS) is 18.7. The van der Waals surface area contributed by atoms with Crippen molar-refractivity contribution in [3.63, 3.8) is 0 Å². The van der Waals surface area contributed by atoms with Crippen molar-refractivity contribution in [2.75, 3.05) is 33.2 Å². The molecule has 0 amide bonds. The minimum absolute atomic E-state index is 0. The van der Waals surface area contributed by atoms with Crippen molar-refractivity contribution in [1.29, 1.82) is 0 Å². The second-order valence-electron chi connectivity index (χ2n) is 8.84. The molecule has 1 aliphatic carbocycles. The van der Waals surface area contributed by atoms with Crippen molar-refractivity contribution >= 4 is 29.4 Å². The molecule has 2 nitrogen and oxygen atoms in total. The van der Waals surface area contributed by atoms with Crippen molar-refractivity contribution in [2.45, 2.75) is 13.0 Å². The molecule has 1 aliphatic heterocycles. The largest absolute Gasteiger partial charge is 3.00 e. The Hall–Kier alpha value is -0.977. The standard InChI is InChI=1S/C21H24N2.C6H6.ClH.F6P.Ru/c1-22-11-6-12-23(14-13-22)16-21-19-9-4-2-7-17(19)15-18-8-3-5-10-20(18)21;1-2-4-6-5-3-1;;1-7(2,3,4,5)6;/h2-5,7-10,15H,6,11-14,16H2,1H3;1-6H;1H;;/q;;;-1;+3/p-1. The Morgan fingerprint density at radius 1 is 0.658 bits per heavy atom. The maximum atomic E-state index is 9.87. The molecule has 1 saturated carbocycles. The van der Waals surface area contributed by atoms with Gasteiger partial charge in [-0.15, -0.1) is 0 Å². The van der Waals surface area contributed by atoms with Gasteiger partial charge in [-0.1, -0.05) is 48.5 Å². The average molecular weight is 664 g/mol. The van der Waals surface area contributed by atoms with Gasteiger partial charge in [0, 0.05) is 19.6 Å². The minimum Gasteiger partial charge on any atom is -1.00 e. The topological polar surface area (TPSA) is 6.48 Å². The predicted octanol–water partition coefficient (Wildman–Crippen LogP) is 5.74. The molecule has 7 radical (unpaired) electrons. The van der Waals surface area contributed by atoms with E-state index < -0.39 is 7.81 Å². The molecule has 0 atom stereocenters. The molecule has 209 valence electrons. The number of rotatable bonds is 2. The third kappa shape index (κ3) is 13.9. The molecule has 3 aromatic rings. The molecular weight excluding hydrogens is 634 g/mol. The van der Waals surface area contributed by atoms with Gasteiger partial charge in [-0.05, 0) is 98.3 Å². The molecule has 1 saturated heterocycles. The second kappa shape index (κ2) is 14.1. The van der Waals surface area contributed by atoms with Gasteiger partial charge in [-0.2, -0.15) is 0 Å². The van der Waals surface area contributed by atoms with E-state index in [0.717, 1.165) is 13.1 Å². The van der Waals surface area contributed by atoms with Crippen LogP contribution in [0.25, 0.3) is 21.5 Å². The summed E-state index contributed by atoms with van der Waals surface area (Å²) in [5.41, 5.74) is 1.49. The number of hydrogen-bond acceptors (Lipinski definition) is 2. The Morgan fingerprint density at radius 2 is 1.08 bits per heavy atom. The van der Waals surface area contributed by atoms with Crippen LogP contribution in [0.5, 0.6) is 0 Å². The van der Waals surface area contributed by atoms with E-state index >= 15 is 0 Å². The summed E-state index contributed by atoms with van der Waals surface area (Å²) in [7, 11) is -8.42. The number of benzene rings is 3. The van der Waals surface area contributed by atoms with E-state index in [1.165, 1.54) is 53.2 Å². The van der Waals surface area contributed by atoms with Gasteiger partial charge in [0.15, 0.2) is 0 Å². The Kier molecular flexibility index (Phi) is 13.0.